The van der Waals surface area contributed by atoms with Crippen molar-refractivity contribution in [2.75, 3.05) is 20.5 Å². The first kappa shape index (κ1) is 22.0. The average molecular weight is 485 g/mol. The highest BCUT2D eigenvalue weighted by atomic mass is 16.7. The molecular weight excluding hydrogens is 462 g/mol. The van der Waals surface area contributed by atoms with Gasteiger partial charge in [-0.05, 0) is 54.4 Å². The number of rotatable bonds is 6. The van der Waals surface area contributed by atoms with Gasteiger partial charge in [-0.1, -0.05) is 24.3 Å². The Balaban J connectivity index is 1.51. The van der Waals surface area contributed by atoms with Gasteiger partial charge in [0.1, 0.15) is 5.58 Å². The van der Waals surface area contributed by atoms with Gasteiger partial charge in [0.05, 0.1) is 30.7 Å². The predicted molar refractivity (Wildman–Crippen MR) is 131 cm³/mol. The van der Waals surface area contributed by atoms with Crippen molar-refractivity contribution in [3.8, 4) is 23.0 Å². The van der Waals surface area contributed by atoms with E-state index >= 15 is 0 Å². The fraction of sp³-hybridized carbons (Fsp3) is 0.214. The molecule has 1 amide bonds. The predicted octanol–water partition coefficient (Wildman–Crippen LogP) is 4.67. The van der Waals surface area contributed by atoms with Gasteiger partial charge in [-0.25, -0.2) is 0 Å². The Kier molecular flexibility index (Phi) is 5.29. The lowest BCUT2D eigenvalue weighted by Crippen LogP contribution is -2.29. The van der Waals surface area contributed by atoms with Crippen molar-refractivity contribution in [1.29, 1.82) is 0 Å². The molecule has 0 bridgehead atoms. The third-order valence-electron chi connectivity index (χ3n) is 6.47. The van der Waals surface area contributed by atoms with Gasteiger partial charge in [0, 0.05) is 6.54 Å². The van der Waals surface area contributed by atoms with Gasteiger partial charge in [0.25, 0.3) is 5.91 Å². The summed E-state index contributed by atoms with van der Waals surface area (Å²) in [6.45, 7) is 2.76. The second-order valence-electron chi connectivity index (χ2n) is 8.54. The van der Waals surface area contributed by atoms with Crippen molar-refractivity contribution < 1.29 is 28.2 Å². The Morgan fingerprint density at radius 2 is 1.81 bits per heavy atom. The van der Waals surface area contributed by atoms with Crippen LogP contribution in [0, 0.1) is 0 Å². The van der Waals surface area contributed by atoms with Gasteiger partial charge in [-0.2, -0.15) is 0 Å². The lowest BCUT2D eigenvalue weighted by Gasteiger charge is -2.26. The van der Waals surface area contributed by atoms with Crippen molar-refractivity contribution in [1.82, 2.24) is 4.90 Å². The maximum Gasteiger partial charge on any atom is 0.291 e. The Morgan fingerprint density at radius 1 is 0.972 bits per heavy atom. The zero-order valence-corrected chi connectivity index (χ0v) is 19.8. The lowest BCUT2D eigenvalue weighted by molar-refractivity contribution is 0.0714. The van der Waals surface area contributed by atoms with Crippen LogP contribution in [0.4, 0.5) is 0 Å². The summed E-state index contributed by atoms with van der Waals surface area (Å²) in [6.07, 6.45) is 0. The van der Waals surface area contributed by atoms with Crippen molar-refractivity contribution in [3.05, 3.63) is 93.3 Å². The van der Waals surface area contributed by atoms with Crippen LogP contribution in [0.15, 0.2) is 69.9 Å². The average Bonchev–Trinajstić information content (AvgIpc) is 3.47. The summed E-state index contributed by atoms with van der Waals surface area (Å²) in [5.74, 6) is 2.08. The van der Waals surface area contributed by atoms with Gasteiger partial charge >= 0.3 is 0 Å². The number of fused-ring (bicyclic) bond motifs is 3. The fourth-order valence-corrected chi connectivity index (χ4v) is 4.84. The maximum atomic E-state index is 13.7. The molecular formula is C28H23NO7. The standard InChI is InChI=1S/C28H23NO7/c1-3-33-20-11-9-17(13-22(20)32-2)25-24-26(30)18-6-4-5-7-19(18)36-27(24)28(31)29(25)14-16-8-10-21-23(12-16)35-15-34-21/h4-13,25H,3,14-15H2,1-2H3/t25-/m1/s1. The molecule has 182 valence electrons. The molecule has 0 saturated heterocycles. The number of methoxy groups -OCH3 is 1. The first-order chi connectivity index (χ1) is 17.6. The molecule has 3 heterocycles. The molecule has 2 aliphatic heterocycles. The number of hydrogen-bond acceptors (Lipinski definition) is 7. The van der Waals surface area contributed by atoms with E-state index in [1.165, 1.54) is 0 Å². The van der Waals surface area contributed by atoms with Gasteiger partial charge in [0.15, 0.2) is 28.4 Å². The molecule has 8 heteroatoms. The third kappa shape index (κ3) is 3.45. The molecule has 0 unspecified atom stereocenters. The van der Waals surface area contributed by atoms with E-state index in [1.54, 1.807) is 48.4 Å². The SMILES string of the molecule is CCOc1ccc([C@@H]2c3c(oc4ccccc4c3=O)C(=O)N2Cc2ccc3c(c2)OCO3)cc1OC. The minimum atomic E-state index is -0.677. The number of hydrogen-bond donors (Lipinski definition) is 0. The van der Waals surface area contributed by atoms with Crippen molar-refractivity contribution in [3.63, 3.8) is 0 Å². The number of ether oxygens (including phenoxy) is 4. The molecule has 0 spiro atoms. The molecule has 3 aromatic carbocycles. The normalized spacial score (nSPS) is 15.9. The highest BCUT2D eigenvalue weighted by molar-refractivity contribution is 5.99. The summed E-state index contributed by atoms with van der Waals surface area (Å²) in [5, 5.41) is 0.428. The van der Waals surface area contributed by atoms with E-state index in [-0.39, 0.29) is 30.4 Å². The molecule has 36 heavy (non-hydrogen) atoms. The Hall–Kier alpha value is -4.46. The molecule has 1 aromatic heterocycles. The summed E-state index contributed by atoms with van der Waals surface area (Å²) < 4.78 is 28.2. The first-order valence-corrected chi connectivity index (χ1v) is 11.6. The van der Waals surface area contributed by atoms with Crippen LogP contribution in [0.2, 0.25) is 0 Å². The van der Waals surface area contributed by atoms with E-state index in [1.807, 2.05) is 31.2 Å². The van der Waals surface area contributed by atoms with Crippen LogP contribution in [0.3, 0.4) is 0 Å². The smallest absolute Gasteiger partial charge is 0.291 e. The molecule has 8 nitrogen and oxygen atoms in total. The Labute approximate surface area is 206 Å². The zero-order chi connectivity index (χ0) is 24.8. The maximum absolute atomic E-state index is 13.7. The molecule has 0 aliphatic carbocycles. The van der Waals surface area contributed by atoms with E-state index < -0.39 is 6.04 Å². The van der Waals surface area contributed by atoms with Gasteiger partial charge in [-0.15, -0.1) is 0 Å². The summed E-state index contributed by atoms with van der Waals surface area (Å²) >= 11 is 0. The van der Waals surface area contributed by atoms with Crippen LogP contribution in [0.1, 0.15) is 40.2 Å². The lowest BCUT2D eigenvalue weighted by atomic mass is 9.97. The van der Waals surface area contributed by atoms with E-state index in [2.05, 4.69) is 0 Å². The summed E-state index contributed by atoms with van der Waals surface area (Å²) in [4.78, 5) is 29.1. The largest absolute Gasteiger partial charge is 0.493 e. The summed E-state index contributed by atoms with van der Waals surface area (Å²) in [6, 6.07) is 17.3. The number of amides is 1. The van der Waals surface area contributed by atoms with Gasteiger partial charge in [0.2, 0.25) is 12.6 Å². The van der Waals surface area contributed by atoms with E-state index in [0.717, 1.165) is 5.56 Å². The highest BCUT2D eigenvalue weighted by Gasteiger charge is 2.43. The monoisotopic (exact) mass is 485 g/mol. The molecule has 0 N–H and O–H groups in total. The molecule has 4 aromatic rings. The molecule has 2 aliphatic rings. The van der Waals surface area contributed by atoms with Crippen LogP contribution < -0.4 is 24.4 Å². The minimum absolute atomic E-state index is 0.0531. The zero-order valence-electron chi connectivity index (χ0n) is 19.8. The van der Waals surface area contributed by atoms with Crippen LogP contribution in [0.5, 0.6) is 23.0 Å². The topological polar surface area (TPSA) is 87.4 Å². The van der Waals surface area contributed by atoms with E-state index in [9.17, 15) is 9.59 Å². The Morgan fingerprint density at radius 3 is 2.64 bits per heavy atom. The van der Waals surface area contributed by atoms with Crippen LogP contribution in [0.25, 0.3) is 11.0 Å². The number of nitrogens with zero attached hydrogens (tertiary/aromatic N) is 1. The van der Waals surface area contributed by atoms with Crippen molar-refractivity contribution in [2.45, 2.75) is 19.5 Å². The third-order valence-corrected chi connectivity index (χ3v) is 6.47. The highest BCUT2D eigenvalue weighted by Crippen LogP contribution is 2.42. The molecule has 6 rings (SSSR count). The second-order valence-corrected chi connectivity index (χ2v) is 8.54. The number of carbonyl (C=O) groups is 1. The summed E-state index contributed by atoms with van der Waals surface area (Å²) in [7, 11) is 1.56. The number of carbonyl (C=O) groups excluding carboxylic acids is 1. The Bertz CT molecular complexity index is 1560. The van der Waals surface area contributed by atoms with E-state index in [4.69, 9.17) is 23.4 Å². The van der Waals surface area contributed by atoms with Gasteiger partial charge in [-0.3, -0.25) is 9.59 Å². The first-order valence-electron chi connectivity index (χ1n) is 11.6. The second kappa shape index (κ2) is 8.64. The fourth-order valence-electron chi connectivity index (χ4n) is 4.84. The van der Waals surface area contributed by atoms with Crippen LogP contribution >= 0.6 is 0 Å². The number of benzene rings is 3. The number of para-hydroxylation sites is 1. The molecule has 0 saturated carbocycles. The van der Waals surface area contributed by atoms with Gasteiger partial charge < -0.3 is 28.3 Å². The quantitative estimate of drug-likeness (QED) is 0.392. The molecule has 1 atom stereocenters. The molecule has 0 radical (unpaired) electrons. The van der Waals surface area contributed by atoms with Crippen LogP contribution in [-0.4, -0.2) is 31.3 Å². The van der Waals surface area contributed by atoms with Crippen molar-refractivity contribution >= 4 is 16.9 Å². The van der Waals surface area contributed by atoms with Crippen LogP contribution in [-0.2, 0) is 6.54 Å². The molecule has 0 fully saturated rings. The minimum Gasteiger partial charge on any atom is -0.493 e. The summed E-state index contributed by atoms with van der Waals surface area (Å²) in [5.41, 5.74) is 2.01. The van der Waals surface area contributed by atoms with E-state index in [0.29, 0.717) is 51.7 Å². The van der Waals surface area contributed by atoms with Crippen molar-refractivity contribution in [2.24, 2.45) is 0 Å².